The van der Waals surface area contributed by atoms with E-state index in [1.165, 1.54) is 27.5 Å². The molecule has 0 nitrogen and oxygen atoms in total. The van der Waals surface area contributed by atoms with Crippen molar-refractivity contribution in [2.24, 2.45) is 0 Å². The van der Waals surface area contributed by atoms with Crippen LogP contribution in [0, 0.1) is 0 Å². The van der Waals surface area contributed by atoms with E-state index < -0.39 is 0 Å². The molecule has 0 aromatic heterocycles. The van der Waals surface area contributed by atoms with E-state index in [-0.39, 0.29) is 27.9 Å². The molecule has 3 heteroatoms. The number of rotatable bonds is 1. The van der Waals surface area contributed by atoms with Gasteiger partial charge in [-0.25, -0.2) is 0 Å². The van der Waals surface area contributed by atoms with Gasteiger partial charge in [-0.3, -0.25) is 0 Å². The van der Waals surface area contributed by atoms with Crippen LogP contribution >= 0.6 is 0 Å². The molecule has 4 rings (SSSR count). The van der Waals surface area contributed by atoms with Gasteiger partial charge in [0, 0.05) is 0 Å². The second-order valence-electron chi connectivity index (χ2n) is 5.76. The summed E-state index contributed by atoms with van der Waals surface area (Å²) in [6, 6.07) is 13.3. The first-order chi connectivity index (χ1) is 9.69. The summed E-state index contributed by atoms with van der Waals surface area (Å²) in [4.78, 5) is 0. The van der Waals surface area contributed by atoms with Crippen LogP contribution in [-0.2, 0) is 24.7 Å². The summed E-state index contributed by atoms with van der Waals surface area (Å²) < 4.78 is 0.197. The Balaban J connectivity index is 0.000000882. The standard InChI is InChI=1S/C19H15.2ClH.Zr/c1-13-12-16-11-10-14-6-4-5-9-17(14)19(16)18(13)15-7-2-3-8-15;;;/h2-12,18H,1H3;2*1H;/q;;;+2/p-2. The fourth-order valence-corrected chi connectivity index (χ4v) is 5.00. The van der Waals surface area contributed by atoms with E-state index in [9.17, 15) is 0 Å². The van der Waals surface area contributed by atoms with Crippen LogP contribution in [0.1, 0.15) is 24.0 Å². The molecule has 0 heterocycles. The molecule has 0 bridgehead atoms. The molecule has 2 aromatic carbocycles. The van der Waals surface area contributed by atoms with Gasteiger partial charge in [0.25, 0.3) is 0 Å². The normalized spacial score (nSPS) is 20.3. The predicted molar refractivity (Wildman–Crippen MR) is 81.3 cm³/mol. The number of fused-ring (bicyclic) bond motifs is 3. The SMILES string of the molecule is CC1=Cc2ccc3ccccc3c2C1[C]1([Zr+2])C=CC=C1.[Cl-].[Cl-]. The molecule has 109 valence electrons. The van der Waals surface area contributed by atoms with E-state index in [0.29, 0.717) is 5.92 Å². The third-order valence-corrected chi connectivity index (χ3v) is 5.99. The van der Waals surface area contributed by atoms with Gasteiger partial charge in [-0.1, -0.05) is 0 Å². The van der Waals surface area contributed by atoms with Crippen LogP contribution in [-0.4, -0.2) is 0 Å². The Morgan fingerprint density at radius 2 is 1.64 bits per heavy atom. The van der Waals surface area contributed by atoms with E-state index >= 15 is 0 Å². The van der Waals surface area contributed by atoms with Crippen molar-refractivity contribution >= 4 is 16.8 Å². The van der Waals surface area contributed by atoms with Crippen LogP contribution < -0.4 is 24.8 Å². The van der Waals surface area contributed by atoms with Gasteiger partial charge in [-0.15, -0.1) is 0 Å². The summed E-state index contributed by atoms with van der Waals surface area (Å²) >= 11 is 1.56. The van der Waals surface area contributed by atoms with E-state index in [1.807, 2.05) is 0 Å². The maximum absolute atomic E-state index is 2.38. The third kappa shape index (κ3) is 2.58. The molecular formula is C19H15Cl2Zr. The summed E-state index contributed by atoms with van der Waals surface area (Å²) in [5, 5.41) is 2.77. The Kier molecular flexibility index (Phi) is 5.22. The maximum atomic E-state index is 2.38. The molecule has 2 aromatic rings. The first-order valence-corrected chi connectivity index (χ1v) is 8.24. The zero-order valence-corrected chi connectivity index (χ0v) is 16.2. The Bertz CT molecular complexity index is 790. The Labute approximate surface area is 159 Å². The molecule has 0 saturated carbocycles. The zero-order chi connectivity index (χ0) is 13.7. The molecule has 0 saturated heterocycles. The summed E-state index contributed by atoms with van der Waals surface area (Å²) in [7, 11) is 0. The third-order valence-electron chi connectivity index (χ3n) is 4.46. The second-order valence-corrected chi connectivity index (χ2v) is 7.89. The fourth-order valence-electron chi connectivity index (χ4n) is 3.61. The van der Waals surface area contributed by atoms with Gasteiger partial charge < -0.3 is 24.8 Å². The predicted octanol–water partition coefficient (Wildman–Crippen LogP) is -0.820. The van der Waals surface area contributed by atoms with Gasteiger partial charge in [0.05, 0.1) is 0 Å². The minimum atomic E-state index is 0. The van der Waals surface area contributed by atoms with Crippen LogP contribution in [0.3, 0.4) is 0 Å². The van der Waals surface area contributed by atoms with E-state index in [4.69, 9.17) is 0 Å². The van der Waals surface area contributed by atoms with Gasteiger partial charge >= 0.3 is 135 Å². The van der Waals surface area contributed by atoms with Crippen molar-refractivity contribution in [3.8, 4) is 0 Å². The molecule has 0 radical (unpaired) electrons. The molecule has 0 fully saturated rings. The molecule has 1 unspecified atom stereocenters. The first kappa shape index (κ1) is 17.7. The molecule has 22 heavy (non-hydrogen) atoms. The number of benzene rings is 2. The molecule has 2 aliphatic carbocycles. The van der Waals surface area contributed by atoms with Crippen LogP contribution in [0.5, 0.6) is 0 Å². The number of allylic oxidation sites excluding steroid dienone is 5. The Morgan fingerprint density at radius 3 is 2.36 bits per heavy atom. The molecular weight excluding hydrogens is 390 g/mol. The average molecular weight is 405 g/mol. The summed E-state index contributed by atoms with van der Waals surface area (Å²) in [5.74, 6) is 0.497. The van der Waals surface area contributed by atoms with Crippen LogP contribution in [0.2, 0.25) is 3.12 Å². The zero-order valence-electron chi connectivity index (χ0n) is 12.2. The van der Waals surface area contributed by atoms with Gasteiger partial charge in [0.15, 0.2) is 0 Å². The quantitative estimate of drug-likeness (QED) is 0.582. The van der Waals surface area contributed by atoms with Crippen molar-refractivity contribution in [2.75, 3.05) is 0 Å². The molecule has 2 aliphatic rings. The second kappa shape index (κ2) is 6.48. The van der Waals surface area contributed by atoms with E-state index in [2.05, 4.69) is 73.7 Å². The van der Waals surface area contributed by atoms with Gasteiger partial charge in [-0.2, -0.15) is 0 Å². The van der Waals surface area contributed by atoms with Crippen molar-refractivity contribution < 1.29 is 49.5 Å². The summed E-state index contributed by atoms with van der Waals surface area (Å²) in [5.41, 5.74) is 4.42. The van der Waals surface area contributed by atoms with Crippen molar-refractivity contribution in [2.45, 2.75) is 16.0 Å². The van der Waals surface area contributed by atoms with Gasteiger partial charge in [-0.05, 0) is 0 Å². The number of hydrogen-bond donors (Lipinski definition) is 0. The van der Waals surface area contributed by atoms with Gasteiger partial charge in [0.1, 0.15) is 0 Å². The molecule has 1 atom stereocenters. The average Bonchev–Trinajstić information content (AvgIpc) is 3.02. The smallest absolute Gasteiger partial charge is 1.00 e. The number of hydrogen-bond acceptors (Lipinski definition) is 0. The topological polar surface area (TPSA) is 0 Å². The molecule has 0 aliphatic heterocycles. The maximum Gasteiger partial charge on any atom is -1.00 e. The van der Waals surface area contributed by atoms with Crippen LogP contribution in [0.25, 0.3) is 16.8 Å². The molecule has 0 spiro atoms. The minimum Gasteiger partial charge on any atom is -1.00 e. The van der Waals surface area contributed by atoms with Crippen molar-refractivity contribution in [3.63, 3.8) is 0 Å². The summed E-state index contributed by atoms with van der Waals surface area (Å²) in [6.07, 6.45) is 11.5. The fraction of sp³-hybridized carbons (Fsp3) is 0.158. The summed E-state index contributed by atoms with van der Waals surface area (Å²) in [6.45, 7) is 2.28. The monoisotopic (exact) mass is 403 g/mol. The Morgan fingerprint density at radius 1 is 0.955 bits per heavy atom. The van der Waals surface area contributed by atoms with Crippen molar-refractivity contribution in [1.82, 2.24) is 0 Å². The first-order valence-electron chi connectivity index (χ1n) is 7.01. The van der Waals surface area contributed by atoms with Gasteiger partial charge in [0.2, 0.25) is 0 Å². The van der Waals surface area contributed by atoms with Crippen LogP contribution in [0.15, 0.2) is 66.3 Å². The minimum absolute atomic E-state index is 0. The largest absolute Gasteiger partial charge is 1.00 e. The van der Waals surface area contributed by atoms with Crippen molar-refractivity contribution in [1.29, 1.82) is 0 Å². The molecule has 0 amide bonds. The van der Waals surface area contributed by atoms with E-state index in [1.54, 1.807) is 24.7 Å². The molecule has 0 N–H and O–H groups in total. The van der Waals surface area contributed by atoms with Crippen molar-refractivity contribution in [3.05, 3.63) is 77.4 Å². The van der Waals surface area contributed by atoms with E-state index in [0.717, 1.165) is 0 Å². The van der Waals surface area contributed by atoms with Crippen LogP contribution in [0.4, 0.5) is 0 Å². The number of halogens is 2. The Hall–Kier alpha value is -0.617.